The van der Waals surface area contributed by atoms with Crippen LogP contribution >= 0.6 is 0 Å². The van der Waals surface area contributed by atoms with Crippen molar-refractivity contribution >= 4 is 17.8 Å². The van der Waals surface area contributed by atoms with E-state index in [-0.39, 0.29) is 11.8 Å². The molecule has 2 heterocycles. The Morgan fingerprint density at radius 1 is 1.19 bits per heavy atom. The van der Waals surface area contributed by atoms with Crippen molar-refractivity contribution in [2.75, 3.05) is 26.7 Å². The van der Waals surface area contributed by atoms with Crippen LogP contribution in [0.25, 0.3) is 0 Å². The van der Waals surface area contributed by atoms with Crippen LogP contribution in [0.1, 0.15) is 36.0 Å². The third kappa shape index (κ3) is 6.51. The number of likely N-dealkylation sites (tertiary alicyclic amines) is 1. The third-order valence-electron chi connectivity index (χ3n) is 4.82. The Kier molecular flexibility index (Phi) is 7.19. The van der Waals surface area contributed by atoms with Gasteiger partial charge in [-0.25, -0.2) is 9.59 Å². The molecule has 1 saturated heterocycles. The van der Waals surface area contributed by atoms with E-state index in [1.807, 2.05) is 24.3 Å². The lowest BCUT2D eigenvalue weighted by Crippen LogP contribution is -2.49. The van der Waals surface area contributed by atoms with Crippen molar-refractivity contribution in [3.63, 3.8) is 0 Å². The van der Waals surface area contributed by atoms with Crippen molar-refractivity contribution < 1.29 is 33.9 Å². The topological polar surface area (TPSA) is 155 Å². The van der Waals surface area contributed by atoms with Crippen LogP contribution in [0.15, 0.2) is 28.8 Å². The second-order valence-corrected chi connectivity index (χ2v) is 7.38. The number of methoxy groups -OCH3 is 1. The first-order valence-corrected chi connectivity index (χ1v) is 9.78. The van der Waals surface area contributed by atoms with Crippen LogP contribution in [-0.2, 0) is 20.8 Å². The van der Waals surface area contributed by atoms with Gasteiger partial charge < -0.3 is 24.8 Å². The van der Waals surface area contributed by atoms with Gasteiger partial charge in [-0.15, -0.1) is 0 Å². The van der Waals surface area contributed by atoms with Crippen LogP contribution in [0, 0.1) is 0 Å². The Morgan fingerprint density at radius 2 is 1.87 bits per heavy atom. The SMILES string of the molecule is COc1ccccc1Cc1noc(C2CN(CC(=O)NC3CC3)C2)n1.O=C(O)C(=O)O. The summed E-state index contributed by atoms with van der Waals surface area (Å²) in [4.78, 5) is 36.6. The lowest BCUT2D eigenvalue weighted by molar-refractivity contribution is -0.159. The summed E-state index contributed by atoms with van der Waals surface area (Å²) in [6.07, 6.45) is 2.81. The minimum atomic E-state index is -1.82. The smallest absolute Gasteiger partial charge is 0.414 e. The highest BCUT2D eigenvalue weighted by Crippen LogP contribution is 2.27. The summed E-state index contributed by atoms with van der Waals surface area (Å²) in [5.41, 5.74) is 1.03. The van der Waals surface area contributed by atoms with Gasteiger partial charge in [0.25, 0.3) is 0 Å². The zero-order chi connectivity index (χ0) is 22.4. The van der Waals surface area contributed by atoms with E-state index in [9.17, 15) is 4.79 Å². The molecule has 31 heavy (non-hydrogen) atoms. The van der Waals surface area contributed by atoms with E-state index in [4.69, 9.17) is 29.1 Å². The molecule has 0 atom stereocenters. The molecule has 2 aliphatic rings. The van der Waals surface area contributed by atoms with Crippen LogP contribution in [0.5, 0.6) is 5.75 Å². The molecule has 0 spiro atoms. The van der Waals surface area contributed by atoms with Gasteiger partial charge in [0.05, 0.1) is 19.6 Å². The van der Waals surface area contributed by atoms with Gasteiger partial charge >= 0.3 is 11.9 Å². The van der Waals surface area contributed by atoms with Crippen LogP contribution in [0.3, 0.4) is 0 Å². The minimum Gasteiger partial charge on any atom is -0.496 e. The molecule has 1 aromatic carbocycles. The standard InChI is InChI=1S/C18H22N4O3.C2H2O4/c1-24-15-5-3-2-4-12(15)8-16-20-18(25-21-16)13-9-22(10-13)11-17(23)19-14-6-7-14;3-1(4)2(5)6/h2-5,13-14H,6-11H2,1H3,(H,19,23);(H,3,4)(H,5,6). The van der Waals surface area contributed by atoms with Crippen molar-refractivity contribution in [3.05, 3.63) is 41.5 Å². The molecule has 3 N–H and O–H groups in total. The minimum absolute atomic E-state index is 0.114. The Hall–Kier alpha value is -3.47. The summed E-state index contributed by atoms with van der Waals surface area (Å²) in [5.74, 6) is -1.18. The molecule has 0 bridgehead atoms. The highest BCUT2D eigenvalue weighted by atomic mass is 16.5. The molecule has 0 unspecified atom stereocenters. The van der Waals surface area contributed by atoms with Crippen LogP contribution in [0.4, 0.5) is 0 Å². The molecule has 4 rings (SSSR count). The van der Waals surface area contributed by atoms with Crippen LogP contribution in [-0.4, -0.2) is 75.9 Å². The van der Waals surface area contributed by atoms with E-state index in [1.54, 1.807) is 7.11 Å². The average molecular weight is 432 g/mol. The number of hydrogen-bond donors (Lipinski definition) is 3. The number of para-hydroxylation sites is 1. The molecule has 11 heteroatoms. The normalized spacial score (nSPS) is 15.9. The molecule has 2 fully saturated rings. The van der Waals surface area contributed by atoms with Crippen molar-refractivity contribution in [3.8, 4) is 5.75 Å². The van der Waals surface area contributed by atoms with E-state index < -0.39 is 11.9 Å². The van der Waals surface area contributed by atoms with Gasteiger partial charge in [-0.3, -0.25) is 9.69 Å². The van der Waals surface area contributed by atoms with E-state index in [0.717, 1.165) is 37.2 Å². The predicted molar refractivity (Wildman–Crippen MR) is 106 cm³/mol. The number of rotatable bonds is 7. The first kappa shape index (κ1) is 22.2. The number of amides is 1. The fourth-order valence-corrected chi connectivity index (χ4v) is 3.08. The second kappa shape index (κ2) is 10.0. The molecule has 11 nitrogen and oxygen atoms in total. The number of carbonyl (C=O) groups excluding carboxylic acids is 1. The highest BCUT2D eigenvalue weighted by molar-refractivity contribution is 6.27. The molecule has 1 saturated carbocycles. The number of carboxylic acids is 2. The number of carboxylic acid groups (broad SMARTS) is 2. The lowest BCUT2D eigenvalue weighted by atomic mass is 10.0. The summed E-state index contributed by atoms with van der Waals surface area (Å²) in [5, 5.41) is 21.9. The monoisotopic (exact) mass is 432 g/mol. The van der Waals surface area contributed by atoms with E-state index in [1.165, 1.54) is 0 Å². The Bertz CT molecular complexity index is 923. The number of hydrogen-bond acceptors (Lipinski definition) is 8. The first-order valence-electron chi connectivity index (χ1n) is 9.78. The van der Waals surface area contributed by atoms with Gasteiger partial charge in [0.2, 0.25) is 11.8 Å². The maximum Gasteiger partial charge on any atom is 0.414 e. The van der Waals surface area contributed by atoms with Gasteiger partial charge in [0.15, 0.2) is 5.82 Å². The van der Waals surface area contributed by atoms with E-state index >= 15 is 0 Å². The maximum absolute atomic E-state index is 11.8. The van der Waals surface area contributed by atoms with Gasteiger partial charge in [0, 0.05) is 31.1 Å². The number of aromatic nitrogens is 2. The molecular weight excluding hydrogens is 408 g/mol. The molecule has 1 aromatic heterocycles. The number of ether oxygens (including phenoxy) is 1. The zero-order valence-electron chi connectivity index (χ0n) is 17.0. The molecular formula is C20H24N4O7. The lowest BCUT2D eigenvalue weighted by Gasteiger charge is -2.36. The Labute approximate surface area is 178 Å². The number of nitrogens with zero attached hydrogens (tertiary/aromatic N) is 3. The summed E-state index contributed by atoms with van der Waals surface area (Å²) < 4.78 is 10.8. The highest BCUT2D eigenvalue weighted by Gasteiger charge is 2.34. The van der Waals surface area contributed by atoms with Crippen molar-refractivity contribution in [2.45, 2.75) is 31.2 Å². The summed E-state index contributed by atoms with van der Waals surface area (Å²) in [6, 6.07) is 8.24. The van der Waals surface area contributed by atoms with E-state index in [2.05, 4.69) is 20.4 Å². The van der Waals surface area contributed by atoms with Gasteiger partial charge in [0.1, 0.15) is 5.75 Å². The van der Waals surface area contributed by atoms with E-state index in [0.29, 0.717) is 30.7 Å². The van der Waals surface area contributed by atoms with Crippen molar-refractivity contribution in [1.29, 1.82) is 0 Å². The van der Waals surface area contributed by atoms with Gasteiger partial charge in [-0.05, 0) is 18.9 Å². The van der Waals surface area contributed by atoms with Crippen molar-refractivity contribution in [1.82, 2.24) is 20.4 Å². The number of aliphatic carboxylic acids is 2. The summed E-state index contributed by atoms with van der Waals surface area (Å²) >= 11 is 0. The number of carbonyl (C=O) groups is 3. The zero-order valence-corrected chi connectivity index (χ0v) is 17.0. The average Bonchev–Trinajstić information content (AvgIpc) is 3.40. The molecule has 1 aliphatic carbocycles. The largest absolute Gasteiger partial charge is 0.496 e. The van der Waals surface area contributed by atoms with Crippen molar-refractivity contribution in [2.24, 2.45) is 0 Å². The fraction of sp³-hybridized carbons (Fsp3) is 0.450. The molecule has 1 aliphatic heterocycles. The molecule has 0 radical (unpaired) electrons. The molecule has 2 aromatic rings. The van der Waals surface area contributed by atoms with Gasteiger partial charge in [-0.2, -0.15) is 4.98 Å². The summed E-state index contributed by atoms with van der Waals surface area (Å²) in [6.45, 7) is 2.03. The molecule has 166 valence electrons. The third-order valence-corrected chi connectivity index (χ3v) is 4.82. The van der Waals surface area contributed by atoms with Gasteiger partial charge in [-0.1, -0.05) is 23.4 Å². The Morgan fingerprint density at radius 3 is 2.48 bits per heavy atom. The quantitative estimate of drug-likeness (QED) is 0.527. The van der Waals surface area contributed by atoms with Crippen LogP contribution < -0.4 is 10.1 Å². The predicted octanol–water partition coefficient (Wildman–Crippen LogP) is 0.502. The molecule has 1 amide bonds. The second-order valence-electron chi connectivity index (χ2n) is 7.38. The number of nitrogens with one attached hydrogen (secondary N) is 1. The van der Waals surface area contributed by atoms with Crippen LogP contribution in [0.2, 0.25) is 0 Å². The number of benzene rings is 1. The summed E-state index contributed by atoms with van der Waals surface area (Å²) in [7, 11) is 1.66. The fourth-order valence-electron chi connectivity index (χ4n) is 3.08. The first-order chi connectivity index (χ1) is 14.9. The maximum atomic E-state index is 11.8. The Balaban J connectivity index is 0.000000401.